The Morgan fingerprint density at radius 3 is 2.48 bits per heavy atom. The first-order valence-corrected chi connectivity index (χ1v) is 9.58. The Morgan fingerprint density at radius 2 is 1.86 bits per heavy atom. The van der Waals surface area contributed by atoms with Crippen molar-refractivity contribution in [3.63, 3.8) is 0 Å². The summed E-state index contributed by atoms with van der Waals surface area (Å²) >= 11 is 0. The van der Waals surface area contributed by atoms with E-state index in [-0.39, 0.29) is 5.25 Å². The third-order valence-corrected chi connectivity index (χ3v) is 6.26. The molecule has 1 aliphatic carbocycles. The van der Waals surface area contributed by atoms with Crippen molar-refractivity contribution in [2.45, 2.75) is 75.0 Å². The first-order chi connectivity index (χ1) is 10.1. The van der Waals surface area contributed by atoms with Crippen LogP contribution in [0, 0.1) is 0 Å². The number of hydrogen-bond acceptors (Lipinski definition) is 2. The van der Waals surface area contributed by atoms with Gasteiger partial charge in [0.05, 0.1) is 16.0 Å². The zero-order valence-corrected chi connectivity index (χ0v) is 14.4. The lowest BCUT2D eigenvalue weighted by molar-refractivity contribution is 0.379. The number of hydrogen-bond donors (Lipinski definition) is 1. The molecule has 0 spiro atoms. The van der Waals surface area contributed by atoms with Crippen molar-refractivity contribution in [2.75, 3.05) is 6.54 Å². The summed E-state index contributed by atoms with van der Waals surface area (Å²) in [4.78, 5) is 0.995. The highest BCUT2D eigenvalue weighted by Crippen LogP contribution is 2.27. The minimum Gasteiger partial charge on any atom is -0.313 e. The molecule has 1 aromatic carbocycles. The Hall–Kier alpha value is -0.670. The van der Waals surface area contributed by atoms with Gasteiger partial charge in [0, 0.05) is 10.9 Å². The minimum atomic E-state index is -0.887. The summed E-state index contributed by atoms with van der Waals surface area (Å²) in [5.41, 5.74) is 1.32. The van der Waals surface area contributed by atoms with Crippen LogP contribution in [0.4, 0.5) is 0 Å². The van der Waals surface area contributed by atoms with E-state index in [4.69, 9.17) is 0 Å². The van der Waals surface area contributed by atoms with Crippen LogP contribution in [0.15, 0.2) is 29.2 Å². The molecule has 0 heterocycles. The molecule has 2 nitrogen and oxygen atoms in total. The molecule has 1 aliphatic rings. The van der Waals surface area contributed by atoms with Gasteiger partial charge in [-0.25, -0.2) is 0 Å². The van der Waals surface area contributed by atoms with Crippen molar-refractivity contribution in [3.05, 3.63) is 29.8 Å². The van der Waals surface area contributed by atoms with Crippen LogP contribution in [0.3, 0.4) is 0 Å². The summed E-state index contributed by atoms with van der Waals surface area (Å²) in [5.74, 6) is 0.529. The monoisotopic (exact) mass is 307 g/mol. The van der Waals surface area contributed by atoms with Crippen LogP contribution >= 0.6 is 0 Å². The second-order valence-corrected chi connectivity index (χ2v) is 8.08. The largest absolute Gasteiger partial charge is 0.313 e. The SMILES string of the molecule is CCCNC1CCCCC1S(=O)c1ccc(C(C)C)cc1. The summed E-state index contributed by atoms with van der Waals surface area (Å²) in [6, 6.07) is 8.82. The Labute approximate surface area is 132 Å². The van der Waals surface area contributed by atoms with Crippen molar-refractivity contribution in [3.8, 4) is 0 Å². The topological polar surface area (TPSA) is 29.1 Å². The van der Waals surface area contributed by atoms with Crippen molar-refractivity contribution in [2.24, 2.45) is 0 Å². The highest BCUT2D eigenvalue weighted by atomic mass is 32.2. The molecule has 1 N–H and O–H groups in total. The fourth-order valence-corrected chi connectivity index (χ4v) is 4.74. The van der Waals surface area contributed by atoms with E-state index in [0.717, 1.165) is 24.3 Å². The smallest absolute Gasteiger partial charge is 0.0576 e. The molecular weight excluding hydrogens is 278 g/mol. The summed E-state index contributed by atoms with van der Waals surface area (Å²) in [5, 5.41) is 3.88. The normalized spacial score (nSPS) is 24.2. The van der Waals surface area contributed by atoms with Crippen LogP contribution in [-0.2, 0) is 10.8 Å². The van der Waals surface area contributed by atoms with E-state index in [1.165, 1.54) is 24.8 Å². The van der Waals surface area contributed by atoms with Crippen LogP contribution in [0.2, 0.25) is 0 Å². The molecule has 118 valence electrons. The summed E-state index contributed by atoms with van der Waals surface area (Å²) in [6.07, 6.45) is 5.87. The molecule has 0 bridgehead atoms. The van der Waals surface area contributed by atoms with Crippen molar-refractivity contribution in [1.29, 1.82) is 0 Å². The van der Waals surface area contributed by atoms with Crippen molar-refractivity contribution >= 4 is 10.8 Å². The van der Waals surface area contributed by atoms with Gasteiger partial charge < -0.3 is 5.32 Å². The van der Waals surface area contributed by atoms with Gasteiger partial charge in [0.1, 0.15) is 0 Å². The lowest BCUT2D eigenvalue weighted by Crippen LogP contribution is -2.44. The standard InChI is InChI=1S/C18H29NOS/c1-4-13-19-17-7-5-6-8-18(17)21(20)16-11-9-15(10-12-16)14(2)3/h9-12,14,17-19H,4-8,13H2,1-3H3. The van der Waals surface area contributed by atoms with Gasteiger partial charge in [-0.15, -0.1) is 0 Å². The summed E-state index contributed by atoms with van der Waals surface area (Å²) in [7, 11) is -0.887. The zero-order chi connectivity index (χ0) is 15.2. The molecule has 3 unspecified atom stereocenters. The molecule has 0 amide bonds. The molecule has 0 aromatic heterocycles. The van der Waals surface area contributed by atoms with E-state index in [2.05, 4.69) is 50.4 Å². The molecule has 3 atom stereocenters. The summed E-state index contributed by atoms with van der Waals surface area (Å²) in [6.45, 7) is 7.60. The van der Waals surface area contributed by atoms with Gasteiger partial charge >= 0.3 is 0 Å². The molecule has 21 heavy (non-hydrogen) atoms. The predicted octanol–water partition coefficient (Wildman–Crippen LogP) is 4.23. The third-order valence-electron chi connectivity index (χ3n) is 4.41. The van der Waals surface area contributed by atoms with E-state index in [1.54, 1.807) is 0 Å². The predicted molar refractivity (Wildman–Crippen MR) is 91.3 cm³/mol. The number of benzene rings is 1. The number of rotatable bonds is 6. The van der Waals surface area contributed by atoms with Crippen molar-refractivity contribution in [1.82, 2.24) is 5.32 Å². The van der Waals surface area contributed by atoms with Crippen molar-refractivity contribution < 1.29 is 4.21 Å². The van der Waals surface area contributed by atoms with Crippen LogP contribution in [0.25, 0.3) is 0 Å². The van der Waals surface area contributed by atoms with Crippen LogP contribution < -0.4 is 5.32 Å². The second kappa shape index (κ2) is 8.09. The maximum atomic E-state index is 12.9. The minimum absolute atomic E-state index is 0.273. The maximum Gasteiger partial charge on any atom is 0.0576 e. The number of nitrogens with one attached hydrogen (secondary N) is 1. The molecule has 1 saturated carbocycles. The average Bonchev–Trinajstić information content (AvgIpc) is 2.52. The first kappa shape index (κ1) is 16.7. The highest BCUT2D eigenvalue weighted by Gasteiger charge is 2.30. The quantitative estimate of drug-likeness (QED) is 0.852. The first-order valence-electron chi connectivity index (χ1n) is 8.37. The molecule has 0 aliphatic heterocycles. The Morgan fingerprint density at radius 1 is 1.19 bits per heavy atom. The fourth-order valence-electron chi connectivity index (χ4n) is 3.08. The Bertz CT molecular complexity index is 455. The molecular formula is C18H29NOS. The summed E-state index contributed by atoms with van der Waals surface area (Å²) < 4.78 is 12.9. The molecule has 1 aromatic rings. The Balaban J connectivity index is 2.08. The zero-order valence-electron chi connectivity index (χ0n) is 13.6. The average molecular weight is 308 g/mol. The van der Waals surface area contributed by atoms with Crippen LogP contribution in [0.1, 0.15) is 64.4 Å². The molecule has 3 heteroatoms. The lowest BCUT2D eigenvalue weighted by Gasteiger charge is -2.31. The van der Waals surface area contributed by atoms with Crippen LogP contribution in [-0.4, -0.2) is 22.0 Å². The molecule has 2 rings (SSSR count). The van der Waals surface area contributed by atoms with Gasteiger partial charge in [0.2, 0.25) is 0 Å². The van der Waals surface area contributed by atoms with Gasteiger partial charge in [-0.1, -0.05) is 45.7 Å². The van der Waals surface area contributed by atoms with E-state index >= 15 is 0 Å². The van der Waals surface area contributed by atoms with Gasteiger partial charge in [-0.2, -0.15) is 0 Å². The van der Waals surface area contributed by atoms with Gasteiger partial charge in [0.25, 0.3) is 0 Å². The highest BCUT2D eigenvalue weighted by molar-refractivity contribution is 7.85. The lowest BCUT2D eigenvalue weighted by atomic mass is 9.95. The van der Waals surface area contributed by atoms with E-state index < -0.39 is 10.8 Å². The molecule has 0 radical (unpaired) electrons. The van der Waals surface area contributed by atoms with E-state index in [9.17, 15) is 4.21 Å². The maximum absolute atomic E-state index is 12.9. The molecule has 0 saturated heterocycles. The fraction of sp³-hybridized carbons (Fsp3) is 0.667. The van der Waals surface area contributed by atoms with Gasteiger partial charge in [-0.3, -0.25) is 4.21 Å². The Kier molecular flexibility index (Phi) is 6.43. The molecule has 1 fully saturated rings. The van der Waals surface area contributed by atoms with E-state index in [1.807, 2.05) is 0 Å². The van der Waals surface area contributed by atoms with Gasteiger partial charge in [-0.05, 0) is 49.4 Å². The van der Waals surface area contributed by atoms with E-state index in [0.29, 0.717) is 12.0 Å². The third kappa shape index (κ3) is 4.40. The van der Waals surface area contributed by atoms with Gasteiger partial charge in [0.15, 0.2) is 0 Å². The second-order valence-electron chi connectivity index (χ2n) is 6.40. The van der Waals surface area contributed by atoms with Crippen LogP contribution in [0.5, 0.6) is 0 Å².